The van der Waals surface area contributed by atoms with Gasteiger partial charge in [-0.2, -0.15) is 5.10 Å². The van der Waals surface area contributed by atoms with Gasteiger partial charge in [0.05, 0.1) is 6.20 Å². The Morgan fingerprint density at radius 3 is 2.74 bits per heavy atom. The number of nitrogens with zero attached hydrogens (tertiary/aromatic N) is 3. The molecule has 1 aromatic carbocycles. The van der Waals surface area contributed by atoms with Crippen LogP contribution >= 0.6 is 11.8 Å². The van der Waals surface area contributed by atoms with Crippen LogP contribution in [-0.2, 0) is 9.53 Å². The number of halogens is 1. The standard InChI is InChI=1S/C20H24FN7O2S/c1-12-9-16(27-24-10-12)28-8-7-15(11-28)25-19(22)31-20(23)26-18(29)17(30-2)13-3-5-14(21)6-4-13/h3-6,9-10,15,17H,7-8,11H2,1-2H3,(H2,22,25)(H2,23,26,29). The lowest BCUT2D eigenvalue weighted by atomic mass is 10.1. The molecule has 1 fully saturated rings. The van der Waals surface area contributed by atoms with Crippen LogP contribution in [-0.4, -0.2) is 52.7 Å². The summed E-state index contributed by atoms with van der Waals surface area (Å²) in [5.41, 5.74) is 1.50. The van der Waals surface area contributed by atoms with E-state index in [0.717, 1.165) is 36.1 Å². The molecule has 2 heterocycles. The maximum absolute atomic E-state index is 13.1. The second-order valence-electron chi connectivity index (χ2n) is 7.08. The van der Waals surface area contributed by atoms with Crippen molar-refractivity contribution in [3.8, 4) is 0 Å². The summed E-state index contributed by atoms with van der Waals surface area (Å²) in [4.78, 5) is 14.5. The second-order valence-corrected chi connectivity index (χ2v) is 8.10. The number of amides is 1. The molecule has 1 amide bonds. The van der Waals surface area contributed by atoms with E-state index in [-0.39, 0.29) is 16.4 Å². The third-order valence-electron chi connectivity index (χ3n) is 4.71. The minimum Gasteiger partial charge on any atom is -0.367 e. The fraction of sp³-hybridized carbons (Fsp3) is 0.350. The number of hydrogen-bond acceptors (Lipinski definition) is 8. The molecule has 2 atom stereocenters. The highest BCUT2D eigenvalue weighted by atomic mass is 32.2. The number of benzene rings is 1. The molecule has 0 aliphatic carbocycles. The molecular formula is C20H24FN7O2S. The fourth-order valence-electron chi connectivity index (χ4n) is 3.24. The van der Waals surface area contributed by atoms with E-state index in [4.69, 9.17) is 15.6 Å². The van der Waals surface area contributed by atoms with Crippen LogP contribution in [0.25, 0.3) is 0 Å². The molecule has 0 saturated carbocycles. The first kappa shape index (κ1) is 22.6. The number of thioether (sulfide) groups is 1. The van der Waals surface area contributed by atoms with Crippen LogP contribution in [0.4, 0.5) is 10.2 Å². The van der Waals surface area contributed by atoms with E-state index in [9.17, 15) is 9.18 Å². The monoisotopic (exact) mass is 445 g/mol. The number of ether oxygens (including phenoxy) is 1. The van der Waals surface area contributed by atoms with Crippen LogP contribution in [0.3, 0.4) is 0 Å². The molecule has 2 aromatic rings. The van der Waals surface area contributed by atoms with Crippen LogP contribution < -0.4 is 15.5 Å². The summed E-state index contributed by atoms with van der Waals surface area (Å²) in [7, 11) is 1.36. The molecule has 1 saturated heterocycles. The summed E-state index contributed by atoms with van der Waals surface area (Å²) in [6, 6.07) is 7.37. The lowest BCUT2D eigenvalue weighted by Crippen LogP contribution is -2.38. The SMILES string of the molecule is COC(C(=O)NC(=N)SC(=N)NC1CCN(c2cc(C)cnn2)C1)c1ccc(F)cc1. The van der Waals surface area contributed by atoms with Crippen LogP contribution in [0.2, 0.25) is 0 Å². The van der Waals surface area contributed by atoms with Crippen molar-refractivity contribution in [2.75, 3.05) is 25.1 Å². The third-order valence-corrected chi connectivity index (χ3v) is 5.34. The van der Waals surface area contributed by atoms with Gasteiger partial charge < -0.3 is 20.3 Å². The Bertz CT molecular complexity index is 957. The van der Waals surface area contributed by atoms with Crippen LogP contribution in [0, 0.1) is 23.6 Å². The fourth-order valence-corrected chi connectivity index (χ4v) is 3.82. The minimum absolute atomic E-state index is 0.0248. The number of aromatic nitrogens is 2. The summed E-state index contributed by atoms with van der Waals surface area (Å²) in [6.07, 6.45) is 1.53. The topological polar surface area (TPSA) is 127 Å². The van der Waals surface area contributed by atoms with E-state index in [2.05, 4.69) is 25.7 Å². The molecule has 11 heteroatoms. The van der Waals surface area contributed by atoms with E-state index >= 15 is 0 Å². The zero-order valence-electron chi connectivity index (χ0n) is 17.2. The Hall–Kier alpha value is -3.05. The molecule has 1 aliphatic rings. The van der Waals surface area contributed by atoms with Crippen LogP contribution in [0.15, 0.2) is 36.5 Å². The number of methoxy groups -OCH3 is 1. The predicted molar refractivity (Wildman–Crippen MR) is 118 cm³/mol. The molecule has 0 radical (unpaired) electrons. The molecule has 4 N–H and O–H groups in total. The number of amidine groups is 2. The molecule has 0 spiro atoms. The minimum atomic E-state index is -0.984. The zero-order chi connectivity index (χ0) is 22.4. The summed E-state index contributed by atoms with van der Waals surface area (Å²) < 4.78 is 18.3. The summed E-state index contributed by atoms with van der Waals surface area (Å²) in [5, 5.41) is 29.6. The highest BCUT2D eigenvalue weighted by molar-refractivity contribution is 8.26. The van der Waals surface area contributed by atoms with E-state index < -0.39 is 17.8 Å². The van der Waals surface area contributed by atoms with Crippen molar-refractivity contribution in [3.05, 3.63) is 53.5 Å². The Morgan fingerprint density at radius 1 is 1.32 bits per heavy atom. The molecule has 0 bridgehead atoms. The Morgan fingerprint density at radius 2 is 2.06 bits per heavy atom. The largest absolute Gasteiger partial charge is 0.367 e. The number of nitrogens with one attached hydrogen (secondary N) is 4. The van der Waals surface area contributed by atoms with Gasteiger partial charge in [-0.3, -0.25) is 15.6 Å². The predicted octanol–water partition coefficient (Wildman–Crippen LogP) is 2.20. The van der Waals surface area contributed by atoms with E-state index in [1.165, 1.54) is 31.4 Å². The van der Waals surface area contributed by atoms with Crippen molar-refractivity contribution in [2.24, 2.45) is 0 Å². The van der Waals surface area contributed by atoms with Crippen molar-refractivity contribution in [2.45, 2.75) is 25.5 Å². The first-order valence-electron chi connectivity index (χ1n) is 9.60. The lowest BCUT2D eigenvalue weighted by molar-refractivity contribution is -0.129. The van der Waals surface area contributed by atoms with Gasteiger partial charge in [-0.05, 0) is 54.4 Å². The molecule has 9 nitrogen and oxygen atoms in total. The van der Waals surface area contributed by atoms with Gasteiger partial charge >= 0.3 is 0 Å². The molecule has 2 unspecified atom stereocenters. The Balaban J connectivity index is 1.47. The van der Waals surface area contributed by atoms with Gasteiger partial charge in [0.1, 0.15) is 5.82 Å². The highest BCUT2D eigenvalue weighted by Crippen LogP contribution is 2.20. The molecule has 1 aliphatic heterocycles. The van der Waals surface area contributed by atoms with Crippen LogP contribution in [0.5, 0.6) is 0 Å². The molecule has 1 aromatic heterocycles. The Kier molecular flexibility index (Phi) is 7.53. The number of hydrogen-bond donors (Lipinski definition) is 4. The Labute approximate surface area is 183 Å². The summed E-state index contributed by atoms with van der Waals surface area (Å²) in [6.45, 7) is 3.41. The number of carbonyl (C=O) groups excluding carboxylic acids is 1. The number of rotatable bonds is 5. The second kappa shape index (κ2) is 10.3. The lowest BCUT2D eigenvalue weighted by Gasteiger charge is -2.19. The van der Waals surface area contributed by atoms with Gasteiger partial charge in [0.25, 0.3) is 5.91 Å². The van der Waals surface area contributed by atoms with Crippen LogP contribution in [0.1, 0.15) is 23.7 Å². The number of carbonyl (C=O) groups is 1. The van der Waals surface area contributed by atoms with Crippen molar-refractivity contribution < 1.29 is 13.9 Å². The average Bonchev–Trinajstić information content (AvgIpc) is 3.18. The number of aryl methyl sites for hydroxylation is 1. The van der Waals surface area contributed by atoms with Gasteiger partial charge in [0, 0.05) is 26.2 Å². The van der Waals surface area contributed by atoms with Crippen molar-refractivity contribution in [3.63, 3.8) is 0 Å². The zero-order valence-corrected chi connectivity index (χ0v) is 18.0. The maximum Gasteiger partial charge on any atom is 0.259 e. The third kappa shape index (κ3) is 6.22. The normalized spacial score (nSPS) is 16.6. The van der Waals surface area contributed by atoms with E-state index in [1.54, 1.807) is 6.20 Å². The maximum atomic E-state index is 13.1. The quantitative estimate of drug-likeness (QED) is 0.410. The van der Waals surface area contributed by atoms with Gasteiger partial charge in [0.15, 0.2) is 22.3 Å². The van der Waals surface area contributed by atoms with Gasteiger partial charge in [-0.25, -0.2) is 4.39 Å². The average molecular weight is 446 g/mol. The number of anilines is 1. The van der Waals surface area contributed by atoms with Gasteiger partial charge in [-0.1, -0.05) is 12.1 Å². The molecule has 164 valence electrons. The van der Waals surface area contributed by atoms with Crippen molar-refractivity contribution >= 4 is 33.8 Å². The van der Waals surface area contributed by atoms with Gasteiger partial charge in [0.2, 0.25) is 0 Å². The van der Waals surface area contributed by atoms with Crippen molar-refractivity contribution in [1.82, 2.24) is 20.8 Å². The molecule has 3 rings (SSSR count). The first-order chi connectivity index (χ1) is 14.9. The van der Waals surface area contributed by atoms with E-state index in [0.29, 0.717) is 12.1 Å². The first-order valence-corrected chi connectivity index (χ1v) is 10.4. The summed E-state index contributed by atoms with van der Waals surface area (Å²) in [5.74, 6) is -0.180. The smallest absolute Gasteiger partial charge is 0.259 e. The van der Waals surface area contributed by atoms with E-state index in [1.807, 2.05) is 13.0 Å². The van der Waals surface area contributed by atoms with Crippen molar-refractivity contribution in [1.29, 1.82) is 10.8 Å². The van der Waals surface area contributed by atoms with Gasteiger partial charge in [-0.15, -0.1) is 5.10 Å². The highest BCUT2D eigenvalue weighted by Gasteiger charge is 2.26. The summed E-state index contributed by atoms with van der Waals surface area (Å²) >= 11 is 0.801. The molecular weight excluding hydrogens is 421 g/mol. The molecule has 31 heavy (non-hydrogen) atoms.